The topological polar surface area (TPSA) is 45.2 Å². The number of ether oxygens (including phenoxy) is 2. The summed E-state index contributed by atoms with van der Waals surface area (Å²) in [6.07, 6.45) is 0. The Morgan fingerprint density at radius 2 is 2.00 bits per heavy atom. The van der Waals surface area contributed by atoms with Gasteiger partial charge in [-0.2, -0.15) is 0 Å². The molecule has 1 N–H and O–H groups in total. The van der Waals surface area contributed by atoms with Crippen LogP contribution in [0.3, 0.4) is 0 Å². The fourth-order valence-corrected chi connectivity index (χ4v) is 1.64. The quantitative estimate of drug-likeness (QED) is 0.558. The molecule has 0 aromatic heterocycles. The zero-order chi connectivity index (χ0) is 11.6. The standard InChI is InChI=1S/C11H24N2O3/c1-12(4-8-16-11-7-14)2-3-13-5-9-15-10-6-13/h14H,2-11H2,1H3. The van der Waals surface area contributed by atoms with Crippen LogP contribution in [0, 0.1) is 0 Å². The van der Waals surface area contributed by atoms with Gasteiger partial charge in [0.2, 0.25) is 0 Å². The molecular formula is C11H24N2O3. The van der Waals surface area contributed by atoms with Gasteiger partial charge in [-0.1, -0.05) is 0 Å². The normalized spacial score (nSPS) is 18.2. The zero-order valence-electron chi connectivity index (χ0n) is 10.2. The Labute approximate surface area is 97.9 Å². The fraction of sp³-hybridized carbons (Fsp3) is 1.00. The van der Waals surface area contributed by atoms with Gasteiger partial charge < -0.3 is 19.5 Å². The van der Waals surface area contributed by atoms with E-state index in [0.717, 1.165) is 45.9 Å². The molecule has 1 saturated heterocycles. The molecule has 0 radical (unpaired) electrons. The molecule has 0 amide bonds. The molecule has 5 nitrogen and oxygen atoms in total. The summed E-state index contributed by atoms with van der Waals surface area (Å²) < 4.78 is 10.5. The van der Waals surface area contributed by atoms with Crippen molar-refractivity contribution in [1.82, 2.24) is 9.80 Å². The third kappa shape index (κ3) is 6.40. The van der Waals surface area contributed by atoms with Crippen LogP contribution in [0.1, 0.15) is 0 Å². The number of aliphatic hydroxyl groups is 1. The lowest BCUT2D eigenvalue weighted by Crippen LogP contribution is -2.41. The maximum Gasteiger partial charge on any atom is 0.0698 e. The SMILES string of the molecule is CN(CCOCCO)CCN1CCOCC1. The van der Waals surface area contributed by atoms with Gasteiger partial charge in [0.15, 0.2) is 0 Å². The Hall–Kier alpha value is -0.200. The van der Waals surface area contributed by atoms with Gasteiger partial charge in [-0.15, -0.1) is 0 Å². The molecule has 5 heteroatoms. The molecule has 0 saturated carbocycles. The zero-order valence-corrected chi connectivity index (χ0v) is 10.2. The molecule has 1 heterocycles. The molecule has 0 bridgehead atoms. The molecule has 0 aliphatic carbocycles. The van der Waals surface area contributed by atoms with E-state index in [9.17, 15) is 0 Å². The first-order valence-electron chi connectivity index (χ1n) is 6.00. The lowest BCUT2D eigenvalue weighted by Gasteiger charge is -2.28. The van der Waals surface area contributed by atoms with Crippen LogP contribution in [0.4, 0.5) is 0 Å². The third-order valence-electron chi connectivity index (χ3n) is 2.75. The van der Waals surface area contributed by atoms with Crippen molar-refractivity contribution in [1.29, 1.82) is 0 Å². The highest BCUT2D eigenvalue weighted by Crippen LogP contribution is 1.96. The number of hydrogen-bond acceptors (Lipinski definition) is 5. The monoisotopic (exact) mass is 232 g/mol. The van der Waals surface area contributed by atoms with Gasteiger partial charge in [-0.05, 0) is 7.05 Å². The predicted octanol–water partition coefficient (Wildman–Crippen LogP) is -0.741. The molecule has 1 aliphatic rings. The van der Waals surface area contributed by atoms with Crippen molar-refractivity contribution >= 4 is 0 Å². The van der Waals surface area contributed by atoms with E-state index in [2.05, 4.69) is 16.8 Å². The van der Waals surface area contributed by atoms with Crippen molar-refractivity contribution in [3.63, 3.8) is 0 Å². The van der Waals surface area contributed by atoms with Gasteiger partial charge in [0.1, 0.15) is 0 Å². The van der Waals surface area contributed by atoms with Crippen molar-refractivity contribution in [2.45, 2.75) is 0 Å². The molecule has 0 aromatic carbocycles. The summed E-state index contributed by atoms with van der Waals surface area (Å²) in [6, 6.07) is 0. The number of nitrogens with zero attached hydrogens (tertiary/aromatic N) is 2. The number of likely N-dealkylation sites (N-methyl/N-ethyl adjacent to an activating group) is 1. The molecule has 96 valence electrons. The minimum absolute atomic E-state index is 0.109. The Bertz CT molecular complexity index is 163. The maximum atomic E-state index is 8.55. The first-order chi connectivity index (χ1) is 7.83. The molecule has 1 rings (SSSR count). The van der Waals surface area contributed by atoms with E-state index in [1.165, 1.54) is 0 Å². The van der Waals surface area contributed by atoms with E-state index in [4.69, 9.17) is 14.6 Å². The van der Waals surface area contributed by atoms with Gasteiger partial charge >= 0.3 is 0 Å². The van der Waals surface area contributed by atoms with E-state index in [-0.39, 0.29) is 6.61 Å². The lowest BCUT2D eigenvalue weighted by molar-refractivity contribution is 0.0318. The summed E-state index contributed by atoms with van der Waals surface area (Å²) in [5.74, 6) is 0. The van der Waals surface area contributed by atoms with Crippen LogP contribution >= 0.6 is 0 Å². The van der Waals surface area contributed by atoms with Crippen LogP contribution in [0.2, 0.25) is 0 Å². The summed E-state index contributed by atoms with van der Waals surface area (Å²) in [4.78, 5) is 4.68. The van der Waals surface area contributed by atoms with Crippen molar-refractivity contribution in [3.8, 4) is 0 Å². The second kappa shape index (κ2) is 8.90. The van der Waals surface area contributed by atoms with Crippen molar-refractivity contribution < 1.29 is 14.6 Å². The highest BCUT2D eigenvalue weighted by Gasteiger charge is 2.10. The number of morpholine rings is 1. The molecule has 0 atom stereocenters. The highest BCUT2D eigenvalue weighted by atomic mass is 16.5. The van der Waals surface area contributed by atoms with E-state index in [0.29, 0.717) is 13.2 Å². The minimum atomic E-state index is 0.109. The molecule has 16 heavy (non-hydrogen) atoms. The van der Waals surface area contributed by atoms with Gasteiger partial charge in [0.25, 0.3) is 0 Å². The van der Waals surface area contributed by atoms with Crippen LogP contribution in [0.15, 0.2) is 0 Å². The minimum Gasteiger partial charge on any atom is -0.394 e. The Balaban J connectivity index is 1.94. The number of rotatable bonds is 8. The summed E-state index contributed by atoms with van der Waals surface area (Å²) >= 11 is 0. The van der Waals surface area contributed by atoms with Gasteiger partial charge in [0.05, 0.1) is 33.0 Å². The summed E-state index contributed by atoms with van der Waals surface area (Å²) in [7, 11) is 2.10. The van der Waals surface area contributed by atoms with E-state index >= 15 is 0 Å². The fourth-order valence-electron chi connectivity index (χ4n) is 1.64. The number of aliphatic hydroxyl groups excluding tert-OH is 1. The molecule has 0 aromatic rings. The van der Waals surface area contributed by atoms with Gasteiger partial charge in [-0.3, -0.25) is 4.90 Å². The van der Waals surface area contributed by atoms with Crippen LogP contribution in [0.5, 0.6) is 0 Å². The number of hydrogen-bond donors (Lipinski definition) is 1. The van der Waals surface area contributed by atoms with Crippen LogP contribution < -0.4 is 0 Å². The predicted molar refractivity (Wildman–Crippen MR) is 62.7 cm³/mol. The van der Waals surface area contributed by atoms with Crippen molar-refractivity contribution in [3.05, 3.63) is 0 Å². The second-order valence-electron chi connectivity index (χ2n) is 4.09. The average molecular weight is 232 g/mol. The first-order valence-corrected chi connectivity index (χ1v) is 6.00. The van der Waals surface area contributed by atoms with Gasteiger partial charge in [0, 0.05) is 32.7 Å². The van der Waals surface area contributed by atoms with E-state index in [1.54, 1.807) is 0 Å². The molecule has 1 aliphatic heterocycles. The van der Waals surface area contributed by atoms with E-state index in [1.807, 2.05) is 0 Å². The molecular weight excluding hydrogens is 208 g/mol. The van der Waals surface area contributed by atoms with Crippen molar-refractivity contribution in [2.24, 2.45) is 0 Å². The van der Waals surface area contributed by atoms with E-state index < -0.39 is 0 Å². The summed E-state index contributed by atoms with van der Waals surface area (Å²) in [5, 5.41) is 8.55. The Morgan fingerprint density at radius 3 is 2.69 bits per heavy atom. The van der Waals surface area contributed by atoms with Crippen LogP contribution in [-0.4, -0.2) is 87.7 Å². The lowest BCUT2D eigenvalue weighted by atomic mass is 10.4. The average Bonchev–Trinajstić information content (AvgIpc) is 2.33. The smallest absolute Gasteiger partial charge is 0.0698 e. The Kier molecular flexibility index (Phi) is 7.71. The van der Waals surface area contributed by atoms with Crippen molar-refractivity contribution in [2.75, 3.05) is 72.8 Å². The summed E-state index contributed by atoms with van der Waals surface area (Å²) in [5.41, 5.74) is 0. The highest BCUT2D eigenvalue weighted by molar-refractivity contribution is 4.63. The third-order valence-corrected chi connectivity index (χ3v) is 2.75. The molecule has 0 spiro atoms. The second-order valence-corrected chi connectivity index (χ2v) is 4.09. The summed E-state index contributed by atoms with van der Waals surface area (Å²) in [6.45, 7) is 8.15. The largest absolute Gasteiger partial charge is 0.394 e. The van der Waals surface area contributed by atoms with Crippen LogP contribution in [0.25, 0.3) is 0 Å². The first kappa shape index (κ1) is 13.9. The maximum absolute atomic E-state index is 8.55. The van der Waals surface area contributed by atoms with Gasteiger partial charge in [-0.25, -0.2) is 0 Å². The molecule has 0 unspecified atom stereocenters. The molecule has 1 fully saturated rings. The Morgan fingerprint density at radius 1 is 1.25 bits per heavy atom. The van der Waals surface area contributed by atoms with Crippen LogP contribution in [-0.2, 0) is 9.47 Å².